The van der Waals surface area contributed by atoms with Gasteiger partial charge in [0, 0.05) is 54.5 Å². The molecule has 250 valence electrons. The summed E-state index contributed by atoms with van der Waals surface area (Å²) in [6, 6.07) is 13.7. The monoisotopic (exact) mass is 662 g/mol. The molecule has 1 amide bonds. The number of likely N-dealkylation sites (tertiary alicyclic amines) is 1. The molecule has 0 aromatic heterocycles. The van der Waals surface area contributed by atoms with Crippen LogP contribution < -0.4 is 4.74 Å². The summed E-state index contributed by atoms with van der Waals surface area (Å²) in [5, 5.41) is 4.92. The number of hydrogen-bond donors (Lipinski definition) is 0. The number of carbonyl (C=O) groups excluding carboxylic acids is 5. The van der Waals surface area contributed by atoms with Crippen molar-refractivity contribution in [2.24, 2.45) is 22.9 Å². The highest BCUT2D eigenvalue weighted by atomic mass is 35.5. The molecule has 3 aliphatic rings. The van der Waals surface area contributed by atoms with Crippen LogP contribution in [0.3, 0.4) is 0 Å². The van der Waals surface area contributed by atoms with Crippen LogP contribution in [0.1, 0.15) is 82.8 Å². The van der Waals surface area contributed by atoms with Gasteiger partial charge in [-0.1, -0.05) is 54.4 Å². The predicted molar refractivity (Wildman–Crippen MR) is 177 cm³/mol. The van der Waals surface area contributed by atoms with Crippen molar-refractivity contribution in [1.29, 1.82) is 0 Å². The average Bonchev–Trinajstić information content (AvgIpc) is 3.64. The number of ether oxygens (including phenoxy) is 1. The lowest BCUT2D eigenvalue weighted by Gasteiger charge is -2.29. The van der Waals surface area contributed by atoms with Crippen LogP contribution in [0, 0.1) is 17.8 Å². The van der Waals surface area contributed by atoms with Crippen LogP contribution in [0.4, 0.5) is 0 Å². The molecule has 1 saturated heterocycles. The highest BCUT2D eigenvalue weighted by Crippen LogP contribution is 2.41. The van der Waals surface area contributed by atoms with Crippen LogP contribution in [0.2, 0.25) is 5.02 Å². The van der Waals surface area contributed by atoms with Gasteiger partial charge in [-0.15, -0.1) is 0 Å². The number of Topliss-reactive ketones (excluding diaryl/α,β-unsaturated/α-hetero) is 4. The summed E-state index contributed by atoms with van der Waals surface area (Å²) >= 11 is 6.24. The molecule has 5 rings (SSSR count). The summed E-state index contributed by atoms with van der Waals surface area (Å²) in [4.78, 5) is 74.6. The van der Waals surface area contributed by atoms with E-state index in [0.29, 0.717) is 42.2 Å². The Morgan fingerprint density at radius 1 is 1.06 bits per heavy atom. The van der Waals surface area contributed by atoms with Crippen molar-refractivity contribution in [3.63, 3.8) is 0 Å². The van der Waals surface area contributed by atoms with E-state index >= 15 is 0 Å². The largest absolute Gasteiger partial charge is 0.497 e. The first-order chi connectivity index (χ1) is 22.5. The number of benzene rings is 2. The van der Waals surface area contributed by atoms with Crippen molar-refractivity contribution in [1.82, 2.24) is 4.90 Å². The van der Waals surface area contributed by atoms with E-state index in [1.165, 1.54) is 11.8 Å². The average molecular weight is 663 g/mol. The summed E-state index contributed by atoms with van der Waals surface area (Å²) < 4.78 is 5.27. The van der Waals surface area contributed by atoms with E-state index < -0.39 is 35.0 Å². The zero-order valence-corrected chi connectivity index (χ0v) is 28.1. The molecule has 2 aromatic rings. The predicted octanol–water partition coefficient (Wildman–Crippen LogP) is 5.96. The van der Waals surface area contributed by atoms with Gasteiger partial charge < -0.3 is 19.3 Å². The molecule has 1 saturated carbocycles. The SMILES string of the molecule is CCC[C@H](CC(=O)[C@@H]1CC2(CC(c3cccc(Cl)c3)=NO2)CN1C(=O)[C@@H](CC(C)=O)Cc1ccc(OC)cc1)C(=O)C(=O)CC1CC1. The van der Waals surface area contributed by atoms with Crippen LogP contribution in [0.25, 0.3) is 0 Å². The zero-order valence-electron chi connectivity index (χ0n) is 27.3. The molecule has 0 bridgehead atoms. The first-order valence-electron chi connectivity index (χ1n) is 16.5. The van der Waals surface area contributed by atoms with Gasteiger partial charge in [-0.05, 0) is 68.4 Å². The number of oxime groups is 1. The van der Waals surface area contributed by atoms with Crippen LogP contribution in [-0.2, 0) is 35.2 Å². The molecule has 47 heavy (non-hydrogen) atoms. The molecule has 2 fully saturated rings. The molecule has 2 aromatic carbocycles. The van der Waals surface area contributed by atoms with Gasteiger partial charge in [0.1, 0.15) is 11.5 Å². The minimum absolute atomic E-state index is 0.00695. The second-order valence-electron chi connectivity index (χ2n) is 13.4. The standard InChI is InChI=1S/C37H43ClN2O7/c1-4-6-27(35(44)34(43)17-25-9-10-25)19-33(42)32-21-37(20-31(39-47-37)26-7-5-8-29(38)18-26)22-40(32)36(45)28(15-23(2)41)16-24-11-13-30(46-3)14-12-24/h5,7-8,11-14,18,25,27-28,32H,4,6,9-10,15-17,19-22H2,1-3H3/t27-,28+,32+,37?/m1/s1. The summed E-state index contributed by atoms with van der Waals surface area (Å²) in [5.74, 6) is -2.15. The minimum atomic E-state index is -0.958. The molecule has 4 atom stereocenters. The van der Waals surface area contributed by atoms with Crippen LogP contribution in [0.5, 0.6) is 5.75 Å². The molecule has 0 radical (unpaired) electrons. The number of ketones is 4. The highest BCUT2D eigenvalue weighted by Gasteiger charge is 2.54. The van der Waals surface area contributed by atoms with Gasteiger partial charge >= 0.3 is 0 Å². The molecular weight excluding hydrogens is 620 g/mol. The van der Waals surface area contributed by atoms with E-state index in [0.717, 1.165) is 24.0 Å². The Kier molecular flexibility index (Phi) is 11.0. The second kappa shape index (κ2) is 14.9. The summed E-state index contributed by atoms with van der Waals surface area (Å²) in [5.41, 5.74) is 1.35. The molecule has 2 aliphatic heterocycles. The van der Waals surface area contributed by atoms with E-state index in [1.807, 2.05) is 31.2 Å². The highest BCUT2D eigenvalue weighted by molar-refractivity contribution is 6.38. The number of nitrogens with zero attached hydrogens (tertiary/aromatic N) is 2. The third-order valence-electron chi connectivity index (χ3n) is 9.48. The lowest BCUT2D eigenvalue weighted by atomic mass is 9.85. The van der Waals surface area contributed by atoms with Crippen LogP contribution >= 0.6 is 11.6 Å². The normalized spacial score (nSPS) is 21.6. The Hall–Kier alpha value is -3.85. The Labute approximate surface area is 281 Å². The van der Waals surface area contributed by atoms with Crippen LogP contribution in [-0.4, -0.2) is 64.9 Å². The molecule has 1 spiro atoms. The van der Waals surface area contributed by atoms with Crippen molar-refractivity contribution >= 4 is 46.4 Å². The maximum absolute atomic E-state index is 14.4. The lowest BCUT2D eigenvalue weighted by molar-refractivity contribution is -0.144. The Morgan fingerprint density at radius 3 is 2.45 bits per heavy atom. The number of carbonyl (C=O) groups is 5. The minimum Gasteiger partial charge on any atom is -0.497 e. The fourth-order valence-electron chi connectivity index (χ4n) is 6.85. The van der Waals surface area contributed by atoms with Gasteiger partial charge in [0.25, 0.3) is 0 Å². The van der Waals surface area contributed by atoms with E-state index in [1.54, 1.807) is 31.4 Å². The number of halogens is 1. The number of methoxy groups -OCH3 is 1. The third kappa shape index (κ3) is 8.55. The number of hydrogen-bond acceptors (Lipinski definition) is 8. The fraction of sp³-hybridized carbons (Fsp3) is 0.514. The quantitative estimate of drug-likeness (QED) is 0.203. The summed E-state index contributed by atoms with van der Waals surface area (Å²) in [6.07, 6.45) is 3.90. The number of rotatable bonds is 16. The topological polar surface area (TPSA) is 119 Å². The first kappa shape index (κ1) is 34.5. The fourth-order valence-corrected chi connectivity index (χ4v) is 7.04. The Bertz CT molecular complexity index is 1550. The smallest absolute Gasteiger partial charge is 0.227 e. The van der Waals surface area contributed by atoms with E-state index in [-0.39, 0.29) is 55.6 Å². The summed E-state index contributed by atoms with van der Waals surface area (Å²) in [7, 11) is 1.58. The Morgan fingerprint density at radius 2 is 1.81 bits per heavy atom. The zero-order chi connectivity index (χ0) is 33.7. The molecule has 9 nitrogen and oxygen atoms in total. The maximum Gasteiger partial charge on any atom is 0.227 e. The lowest BCUT2D eigenvalue weighted by Crippen LogP contribution is -2.46. The second-order valence-corrected chi connectivity index (χ2v) is 13.9. The molecule has 1 aliphatic carbocycles. The van der Waals surface area contributed by atoms with Gasteiger partial charge in [-0.25, -0.2) is 0 Å². The molecule has 10 heteroatoms. The molecule has 0 N–H and O–H groups in total. The van der Waals surface area contributed by atoms with Crippen molar-refractivity contribution < 1.29 is 33.5 Å². The molecule has 2 heterocycles. The van der Waals surface area contributed by atoms with Gasteiger partial charge in [-0.3, -0.25) is 19.2 Å². The van der Waals surface area contributed by atoms with Gasteiger partial charge in [-0.2, -0.15) is 0 Å². The summed E-state index contributed by atoms with van der Waals surface area (Å²) in [6.45, 7) is 3.47. The van der Waals surface area contributed by atoms with Crippen molar-refractivity contribution in [2.45, 2.75) is 89.7 Å². The third-order valence-corrected chi connectivity index (χ3v) is 9.71. The van der Waals surface area contributed by atoms with Gasteiger partial charge in [0.05, 0.1) is 25.4 Å². The molecule has 1 unspecified atom stereocenters. The van der Waals surface area contributed by atoms with E-state index in [2.05, 4.69) is 5.16 Å². The first-order valence-corrected chi connectivity index (χ1v) is 16.9. The van der Waals surface area contributed by atoms with Crippen molar-refractivity contribution in [3.05, 3.63) is 64.7 Å². The van der Waals surface area contributed by atoms with Crippen molar-refractivity contribution in [3.8, 4) is 5.75 Å². The maximum atomic E-state index is 14.4. The van der Waals surface area contributed by atoms with Gasteiger partial charge in [0.15, 0.2) is 17.2 Å². The number of amides is 1. The van der Waals surface area contributed by atoms with E-state index in [9.17, 15) is 24.0 Å². The van der Waals surface area contributed by atoms with Gasteiger partial charge in [0.2, 0.25) is 11.7 Å². The van der Waals surface area contributed by atoms with Crippen LogP contribution in [0.15, 0.2) is 53.7 Å². The van der Waals surface area contributed by atoms with Crippen molar-refractivity contribution in [2.75, 3.05) is 13.7 Å². The molecular formula is C37H43ClN2O7. The Balaban J connectivity index is 1.41. The van der Waals surface area contributed by atoms with E-state index in [4.69, 9.17) is 21.2 Å².